The van der Waals surface area contributed by atoms with E-state index in [4.69, 9.17) is 10.5 Å². The van der Waals surface area contributed by atoms with Crippen LogP contribution in [-0.4, -0.2) is 17.4 Å². The average molecular weight is 419 g/mol. The van der Waals surface area contributed by atoms with Crippen LogP contribution in [0, 0.1) is 17.8 Å². The third-order valence-electron chi connectivity index (χ3n) is 6.87. The fraction of sp³-hybridized carbons (Fsp3) is 0.708. The van der Waals surface area contributed by atoms with Crippen LogP contribution in [0.3, 0.4) is 0 Å². The molecule has 0 aromatic carbocycles. The lowest BCUT2D eigenvalue weighted by Gasteiger charge is -2.32. The highest BCUT2D eigenvalue weighted by Crippen LogP contribution is 2.33. The van der Waals surface area contributed by atoms with E-state index in [0.29, 0.717) is 18.3 Å². The molecule has 3 unspecified atom stereocenters. The van der Waals surface area contributed by atoms with Crippen molar-refractivity contribution in [2.75, 3.05) is 0 Å². The van der Waals surface area contributed by atoms with Gasteiger partial charge in [-0.15, -0.1) is 0 Å². The minimum absolute atomic E-state index is 0.0488. The predicted octanol–water partition coefficient (Wildman–Crippen LogP) is 5.23. The van der Waals surface area contributed by atoms with Crippen molar-refractivity contribution in [3.05, 3.63) is 35.2 Å². The molecule has 0 aliphatic heterocycles. The summed E-state index contributed by atoms with van der Waals surface area (Å²) in [6, 6.07) is 0. The van der Waals surface area contributed by atoms with Crippen LogP contribution in [0.15, 0.2) is 35.2 Å². The lowest BCUT2D eigenvalue weighted by atomic mass is 9.86. The molecule has 3 atom stereocenters. The highest BCUT2D eigenvalue weighted by molar-refractivity contribution is 7.80. The zero-order chi connectivity index (χ0) is 20.8. The van der Waals surface area contributed by atoms with Gasteiger partial charge in [-0.1, -0.05) is 25.2 Å². The number of nitrogens with one attached hydrogen (secondary N) is 1. The molecule has 3 N–H and O–H groups in total. The van der Waals surface area contributed by atoms with Crippen molar-refractivity contribution in [2.24, 2.45) is 23.5 Å². The smallest absolute Gasteiger partial charge is 0.306 e. The fourth-order valence-corrected chi connectivity index (χ4v) is 5.26. The maximum absolute atomic E-state index is 12.7. The van der Waals surface area contributed by atoms with Gasteiger partial charge >= 0.3 is 5.97 Å². The Bertz CT molecular complexity index is 660. The molecule has 0 aromatic heterocycles. The minimum atomic E-state index is -0.0630. The minimum Gasteiger partial charge on any atom is -0.462 e. The summed E-state index contributed by atoms with van der Waals surface area (Å²) in [4.78, 5) is 12.7. The number of ether oxygens (including phenoxy) is 1. The van der Waals surface area contributed by atoms with Crippen molar-refractivity contribution in [1.82, 2.24) is 5.32 Å². The normalized spacial score (nSPS) is 31.2. The number of allylic oxidation sites excluding steroid dienone is 6. The summed E-state index contributed by atoms with van der Waals surface area (Å²) in [6.07, 6.45) is 16.6. The number of hydrogen-bond donors (Lipinski definition) is 3. The third kappa shape index (κ3) is 6.14. The highest BCUT2D eigenvalue weighted by atomic mass is 32.1. The monoisotopic (exact) mass is 418 g/mol. The van der Waals surface area contributed by atoms with Gasteiger partial charge in [0.15, 0.2) is 0 Å². The van der Waals surface area contributed by atoms with E-state index in [1.54, 1.807) is 0 Å². The Balaban J connectivity index is 1.55. The Morgan fingerprint density at radius 1 is 1.28 bits per heavy atom. The summed E-state index contributed by atoms with van der Waals surface area (Å²) in [5.74, 6) is 1.17. The molecule has 162 valence electrons. The summed E-state index contributed by atoms with van der Waals surface area (Å²) < 4.78 is 5.84. The highest BCUT2D eigenvalue weighted by Gasteiger charge is 2.29. The van der Waals surface area contributed by atoms with Gasteiger partial charge in [0.1, 0.15) is 6.10 Å². The molecule has 1 fully saturated rings. The van der Waals surface area contributed by atoms with Gasteiger partial charge < -0.3 is 15.8 Å². The molecule has 0 saturated heterocycles. The zero-order valence-corrected chi connectivity index (χ0v) is 18.9. The van der Waals surface area contributed by atoms with Crippen LogP contribution in [0.1, 0.15) is 78.1 Å². The number of hydrogen-bond acceptors (Lipinski definition) is 5. The molecule has 3 aliphatic carbocycles. The Hall–Kier alpha value is -1.20. The molecule has 29 heavy (non-hydrogen) atoms. The maximum Gasteiger partial charge on any atom is 0.306 e. The Kier molecular flexibility index (Phi) is 8.31. The molecule has 3 aliphatic rings. The molecule has 4 nitrogen and oxygen atoms in total. The molecular weight excluding hydrogens is 380 g/mol. The van der Waals surface area contributed by atoms with E-state index < -0.39 is 0 Å². The number of nitrogens with two attached hydrogens (primary N) is 1. The van der Waals surface area contributed by atoms with Crippen molar-refractivity contribution >= 4 is 18.6 Å². The Morgan fingerprint density at radius 2 is 2.03 bits per heavy atom. The molecule has 5 heteroatoms. The van der Waals surface area contributed by atoms with Gasteiger partial charge in [0, 0.05) is 23.2 Å². The SMILES string of the molecule is CCC1CC=CC(C)=C1NC1=CCCCC1CC(=O)OC1CCC(C(N)S)CC1. The van der Waals surface area contributed by atoms with E-state index in [1.165, 1.54) is 17.0 Å². The topological polar surface area (TPSA) is 64.3 Å². The van der Waals surface area contributed by atoms with Crippen LogP contribution >= 0.6 is 12.6 Å². The van der Waals surface area contributed by atoms with E-state index in [2.05, 4.69) is 50.0 Å². The molecule has 0 amide bonds. The van der Waals surface area contributed by atoms with Crippen molar-refractivity contribution < 1.29 is 9.53 Å². The molecular formula is C24H38N2O2S. The molecule has 1 saturated carbocycles. The second kappa shape index (κ2) is 10.7. The number of thiol groups is 1. The van der Waals surface area contributed by atoms with Gasteiger partial charge in [-0.3, -0.25) is 4.79 Å². The fourth-order valence-electron chi connectivity index (χ4n) is 4.96. The van der Waals surface area contributed by atoms with E-state index in [1.807, 2.05) is 0 Å². The third-order valence-corrected chi connectivity index (χ3v) is 7.29. The van der Waals surface area contributed by atoms with E-state index >= 15 is 0 Å². The zero-order valence-electron chi connectivity index (χ0n) is 18.0. The van der Waals surface area contributed by atoms with E-state index in [-0.39, 0.29) is 23.4 Å². The van der Waals surface area contributed by atoms with Crippen LogP contribution in [0.25, 0.3) is 0 Å². The number of esters is 1. The molecule has 3 rings (SSSR count). The number of carbonyl (C=O) groups excluding carboxylic acids is 1. The molecule has 0 bridgehead atoms. The molecule has 0 spiro atoms. The number of carbonyl (C=O) groups is 1. The summed E-state index contributed by atoms with van der Waals surface area (Å²) in [6.45, 7) is 4.43. The van der Waals surface area contributed by atoms with E-state index in [9.17, 15) is 4.79 Å². The largest absolute Gasteiger partial charge is 0.462 e. The lowest BCUT2D eigenvalue weighted by Crippen LogP contribution is -2.33. The molecule has 0 aromatic rings. The summed E-state index contributed by atoms with van der Waals surface area (Å²) in [5.41, 5.74) is 9.77. The van der Waals surface area contributed by atoms with Crippen LogP contribution in [-0.2, 0) is 9.53 Å². The van der Waals surface area contributed by atoms with Crippen molar-refractivity contribution in [2.45, 2.75) is 89.5 Å². The lowest BCUT2D eigenvalue weighted by molar-refractivity contribution is -0.151. The first-order valence-corrected chi connectivity index (χ1v) is 12.0. The van der Waals surface area contributed by atoms with Crippen LogP contribution in [0.5, 0.6) is 0 Å². The van der Waals surface area contributed by atoms with Crippen LogP contribution in [0.2, 0.25) is 0 Å². The van der Waals surface area contributed by atoms with Gasteiger partial charge in [0.2, 0.25) is 0 Å². The van der Waals surface area contributed by atoms with Gasteiger partial charge in [0.25, 0.3) is 0 Å². The first-order chi connectivity index (χ1) is 14.0. The average Bonchev–Trinajstić information content (AvgIpc) is 2.71. The second-order valence-corrected chi connectivity index (χ2v) is 9.57. The second-order valence-electron chi connectivity index (χ2n) is 8.97. The first kappa shape index (κ1) is 22.5. The Labute approximate surface area is 181 Å². The van der Waals surface area contributed by atoms with Crippen molar-refractivity contribution in [3.63, 3.8) is 0 Å². The van der Waals surface area contributed by atoms with Crippen LogP contribution < -0.4 is 11.1 Å². The van der Waals surface area contributed by atoms with Gasteiger partial charge in [-0.05, 0) is 76.2 Å². The quantitative estimate of drug-likeness (QED) is 0.301. The summed E-state index contributed by atoms with van der Waals surface area (Å²) in [7, 11) is 0. The molecule has 0 radical (unpaired) electrons. The maximum atomic E-state index is 12.7. The van der Waals surface area contributed by atoms with Crippen molar-refractivity contribution in [1.29, 1.82) is 0 Å². The summed E-state index contributed by atoms with van der Waals surface area (Å²) in [5, 5.41) is 3.68. The van der Waals surface area contributed by atoms with Gasteiger partial charge in [-0.2, -0.15) is 12.6 Å². The van der Waals surface area contributed by atoms with Gasteiger partial charge in [0.05, 0.1) is 11.8 Å². The van der Waals surface area contributed by atoms with E-state index in [0.717, 1.165) is 57.8 Å². The standard InChI is InChI=1S/C24H38N2O2S/c1-3-17-9-6-7-16(2)23(17)26-21-10-5-4-8-19(21)15-22(27)28-20-13-11-18(12-14-20)24(25)29/h6-7,10,17-20,24,26,29H,3-5,8-9,11-15,25H2,1-2H3. The molecule has 0 heterocycles. The van der Waals surface area contributed by atoms with Crippen molar-refractivity contribution in [3.8, 4) is 0 Å². The summed E-state index contributed by atoms with van der Waals surface area (Å²) >= 11 is 4.36. The Morgan fingerprint density at radius 3 is 2.72 bits per heavy atom. The number of rotatable bonds is 7. The first-order valence-electron chi connectivity index (χ1n) is 11.4. The van der Waals surface area contributed by atoms with Crippen LogP contribution in [0.4, 0.5) is 0 Å². The predicted molar refractivity (Wildman–Crippen MR) is 122 cm³/mol. The van der Waals surface area contributed by atoms with Gasteiger partial charge in [-0.25, -0.2) is 0 Å².